The number of benzene rings is 1. The highest BCUT2D eigenvalue weighted by molar-refractivity contribution is 14.0. The Kier molecular flexibility index (Phi) is 13.5. The van der Waals surface area contributed by atoms with E-state index in [4.69, 9.17) is 4.74 Å². The zero-order valence-corrected chi connectivity index (χ0v) is 21.3. The largest absolute Gasteiger partial charge is 0.378 e. The van der Waals surface area contributed by atoms with Gasteiger partial charge in [-0.3, -0.25) is 0 Å². The summed E-state index contributed by atoms with van der Waals surface area (Å²) in [6, 6.07) is 7.52. The van der Waals surface area contributed by atoms with Crippen LogP contribution in [0.25, 0.3) is 0 Å². The molecule has 1 fully saturated rings. The van der Waals surface area contributed by atoms with Gasteiger partial charge >= 0.3 is 0 Å². The predicted molar refractivity (Wildman–Crippen MR) is 134 cm³/mol. The van der Waals surface area contributed by atoms with E-state index < -0.39 is 10.0 Å². The Hall–Kier alpha value is -0.910. The van der Waals surface area contributed by atoms with E-state index in [0.29, 0.717) is 12.6 Å². The molecule has 0 heterocycles. The fraction of sp³-hybridized carbons (Fsp3) is 0.667. The maximum Gasteiger partial charge on any atom is 0.215 e. The van der Waals surface area contributed by atoms with E-state index >= 15 is 0 Å². The van der Waals surface area contributed by atoms with Crippen LogP contribution in [0.1, 0.15) is 56.6 Å². The molecule has 0 unspecified atom stereocenters. The van der Waals surface area contributed by atoms with Crippen molar-refractivity contribution in [3.63, 3.8) is 0 Å². The summed E-state index contributed by atoms with van der Waals surface area (Å²) in [5, 5.41) is 6.60. The van der Waals surface area contributed by atoms with Crippen molar-refractivity contribution in [1.82, 2.24) is 15.4 Å². The van der Waals surface area contributed by atoms with E-state index in [1.807, 2.05) is 31.2 Å². The number of hydrogen-bond acceptors (Lipinski definition) is 4. The third-order valence-electron chi connectivity index (χ3n) is 4.97. The van der Waals surface area contributed by atoms with Crippen LogP contribution in [0.5, 0.6) is 0 Å². The maximum atomic E-state index is 11.6. The zero-order chi connectivity index (χ0) is 21.0. The monoisotopic (exact) mass is 552 g/mol. The highest BCUT2D eigenvalue weighted by Crippen LogP contribution is 2.20. The van der Waals surface area contributed by atoms with Crippen molar-refractivity contribution in [3.8, 4) is 0 Å². The van der Waals surface area contributed by atoms with Crippen LogP contribution in [0.15, 0.2) is 29.3 Å². The smallest absolute Gasteiger partial charge is 0.215 e. The van der Waals surface area contributed by atoms with Gasteiger partial charge in [0, 0.05) is 19.7 Å². The Labute approximate surface area is 198 Å². The van der Waals surface area contributed by atoms with Gasteiger partial charge in [-0.05, 0) is 44.4 Å². The molecule has 0 bridgehead atoms. The highest BCUT2D eigenvalue weighted by Gasteiger charge is 2.13. The lowest BCUT2D eigenvalue weighted by Gasteiger charge is -2.22. The predicted octanol–water partition coefficient (Wildman–Crippen LogP) is 3.15. The first kappa shape index (κ1) is 27.1. The van der Waals surface area contributed by atoms with E-state index in [0.717, 1.165) is 43.2 Å². The van der Waals surface area contributed by atoms with Crippen LogP contribution < -0.4 is 15.4 Å². The summed E-state index contributed by atoms with van der Waals surface area (Å²) < 4.78 is 31.5. The van der Waals surface area contributed by atoms with Gasteiger partial charge in [0.05, 0.1) is 18.4 Å². The first-order valence-corrected chi connectivity index (χ1v) is 12.3. The second kappa shape index (κ2) is 15.0. The molecule has 1 aromatic rings. The molecule has 0 radical (unpaired) electrons. The van der Waals surface area contributed by atoms with Gasteiger partial charge in [-0.15, -0.1) is 24.0 Å². The minimum Gasteiger partial charge on any atom is -0.378 e. The third-order valence-corrected chi connectivity index (χ3v) is 6.31. The van der Waals surface area contributed by atoms with E-state index in [1.165, 1.54) is 39.2 Å². The molecule has 0 amide bonds. The normalized spacial score (nSPS) is 15.5. The number of ether oxygens (including phenoxy) is 1. The van der Waals surface area contributed by atoms with Crippen molar-refractivity contribution >= 4 is 40.0 Å². The lowest BCUT2D eigenvalue weighted by Crippen LogP contribution is -2.38. The van der Waals surface area contributed by atoms with Gasteiger partial charge in [0.2, 0.25) is 10.0 Å². The molecule has 1 aliphatic rings. The van der Waals surface area contributed by atoms with Crippen molar-refractivity contribution in [2.24, 2.45) is 4.99 Å². The van der Waals surface area contributed by atoms with E-state index in [1.54, 1.807) is 0 Å². The first-order chi connectivity index (χ1) is 14.0. The lowest BCUT2D eigenvalue weighted by atomic mass is 9.98. The van der Waals surface area contributed by atoms with Gasteiger partial charge in [0.25, 0.3) is 0 Å². The molecular weight excluding hydrogens is 515 g/mol. The Balaban J connectivity index is 0.00000450. The number of guanidine groups is 1. The molecule has 9 heteroatoms. The number of sulfonamides is 1. The molecule has 0 spiro atoms. The molecule has 30 heavy (non-hydrogen) atoms. The van der Waals surface area contributed by atoms with Crippen molar-refractivity contribution in [3.05, 3.63) is 35.4 Å². The quantitative estimate of drug-likeness (QED) is 0.170. The summed E-state index contributed by atoms with van der Waals surface area (Å²) >= 11 is 0. The molecule has 1 saturated carbocycles. The number of aliphatic imine (C=N–C) groups is 1. The van der Waals surface area contributed by atoms with Crippen LogP contribution in [-0.4, -0.2) is 47.2 Å². The van der Waals surface area contributed by atoms with Crippen molar-refractivity contribution < 1.29 is 13.2 Å². The van der Waals surface area contributed by atoms with Crippen LogP contribution in [0.4, 0.5) is 0 Å². The second-order valence-corrected chi connectivity index (χ2v) is 9.31. The number of rotatable bonds is 11. The summed E-state index contributed by atoms with van der Waals surface area (Å²) in [7, 11) is -1.82. The van der Waals surface area contributed by atoms with Crippen LogP contribution in [-0.2, 0) is 27.1 Å². The van der Waals surface area contributed by atoms with E-state index in [9.17, 15) is 8.42 Å². The number of halogens is 1. The van der Waals surface area contributed by atoms with Crippen LogP contribution in [0.2, 0.25) is 0 Å². The van der Waals surface area contributed by atoms with Crippen LogP contribution in [0.3, 0.4) is 0 Å². The molecule has 0 aliphatic heterocycles. The van der Waals surface area contributed by atoms with Gasteiger partial charge in [0.15, 0.2) is 5.96 Å². The summed E-state index contributed by atoms with van der Waals surface area (Å²) in [6.45, 7) is 4.98. The average Bonchev–Trinajstić information content (AvgIpc) is 2.73. The first-order valence-electron chi connectivity index (χ1n) is 10.6. The van der Waals surface area contributed by atoms with Gasteiger partial charge in [0.1, 0.15) is 0 Å². The molecule has 0 atom stereocenters. The Morgan fingerprint density at radius 3 is 2.40 bits per heavy atom. The average molecular weight is 553 g/mol. The number of hydrogen-bond donors (Lipinski definition) is 3. The topological polar surface area (TPSA) is 91.8 Å². The van der Waals surface area contributed by atoms with Gasteiger partial charge in [-0.2, -0.15) is 0 Å². The summed E-state index contributed by atoms with van der Waals surface area (Å²) in [5.41, 5.74) is 1.79. The minimum atomic E-state index is -3.25. The molecule has 0 aromatic heterocycles. The van der Waals surface area contributed by atoms with Crippen LogP contribution in [0, 0.1) is 0 Å². The Bertz CT molecular complexity index is 720. The Morgan fingerprint density at radius 1 is 1.10 bits per heavy atom. The van der Waals surface area contributed by atoms with Crippen molar-refractivity contribution in [2.45, 2.75) is 63.9 Å². The summed E-state index contributed by atoms with van der Waals surface area (Å²) in [4.78, 5) is 4.61. The molecule has 0 saturated heterocycles. The lowest BCUT2D eigenvalue weighted by molar-refractivity contribution is 0.0277. The van der Waals surface area contributed by atoms with Crippen LogP contribution >= 0.6 is 24.0 Å². The third kappa shape index (κ3) is 10.9. The summed E-state index contributed by atoms with van der Waals surface area (Å²) in [6.07, 6.45) is 7.77. The molecule has 7 nitrogen and oxygen atoms in total. The fourth-order valence-corrected chi connectivity index (χ4v) is 4.08. The van der Waals surface area contributed by atoms with Crippen molar-refractivity contribution in [1.29, 1.82) is 0 Å². The van der Waals surface area contributed by atoms with E-state index in [2.05, 4.69) is 20.3 Å². The minimum absolute atomic E-state index is 0. The number of nitrogens with zero attached hydrogens (tertiary/aromatic N) is 1. The molecular formula is C21H37IN4O3S. The van der Waals surface area contributed by atoms with Crippen molar-refractivity contribution in [2.75, 3.05) is 26.7 Å². The molecule has 3 N–H and O–H groups in total. The fourth-order valence-electron chi connectivity index (χ4n) is 3.31. The standard InChI is InChI=1S/C21H36N4O3S.HI/c1-3-23-21(24-14-7-15-28-20-8-5-4-6-9-20)25-16-18-10-12-19(13-11-18)17-29(26,27)22-2;/h10-13,20,22H,3-9,14-17H2,1-2H3,(H2,23,24,25);1H. The molecule has 1 aliphatic carbocycles. The number of nitrogens with one attached hydrogen (secondary N) is 3. The SMILES string of the molecule is CCNC(=NCc1ccc(CS(=O)(=O)NC)cc1)NCCCOC1CCCCC1.I. The Morgan fingerprint density at radius 2 is 1.77 bits per heavy atom. The van der Waals surface area contributed by atoms with Gasteiger partial charge in [-0.25, -0.2) is 18.1 Å². The van der Waals surface area contributed by atoms with Gasteiger partial charge < -0.3 is 15.4 Å². The molecule has 1 aromatic carbocycles. The highest BCUT2D eigenvalue weighted by atomic mass is 127. The zero-order valence-electron chi connectivity index (χ0n) is 18.2. The van der Waals surface area contributed by atoms with E-state index in [-0.39, 0.29) is 29.7 Å². The van der Waals surface area contributed by atoms with Gasteiger partial charge in [-0.1, -0.05) is 43.5 Å². The molecule has 2 rings (SSSR count). The molecule has 172 valence electrons. The maximum absolute atomic E-state index is 11.6. The summed E-state index contributed by atoms with van der Waals surface area (Å²) in [5.74, 6) is 0.771. The second-order valence-electron chi connectivity index (χ2n) is 7.39.